The molecule has 0 aromatic rings. The number of hydrogen-bond acceptors (Lipinski definition) is 6. The van der Waals surface area contributed by atoms with E-state index in [2.05, 4.69) is 20.8 Å². The predicted molar refractivity (Wildman–Crippen MR) is 143 cm³/mol. The first kappa shape index (κ1) is 54.8. The summed E-state index contributed by atoms with van der Waals surface area (Å²) in [4.78, 5) is 30.1. The molecule has 0 aliphatic heterocycles. The van der Waals surface area contributed by atoms with E-state index in [1.165, 1.54) is 96.3 Å². The first-order valence-corrected chi connectivity index (χ1v) is 14.9. The number of carboxylic acid groups (broad SMARTS) is 3. The van der Waals surface area contributed by atoms with Gasteiger partial charge in [-0.05, 0) is 38.5 Å². The molecule has 0 saturated heterocycles. The molecular weight excluding hydrogens is 574 g/mol. The Morgan fingerprint density at radius 3 is 0.641 bits per heavy atom. The van der Waals surface area contributed by atoms with E-state index in [4.69, 9.17) is 0 Å². The second-order valence-corrected chi connectivity index (χ2v) is 9.73. The Bertz CT molecular complexity index is 413. The van der Waals surface area contributed by atoms with Crippen molar-refractivity contribution < 1.29 is 184 Å². The standard InChI is InChI=1S/3C10H20O2.3K/c3*1-2-3-4-5-6-7-8-9-10(11)12;;;/h3*2-9H2,1H3,(H,11,12);;;/q;;;3*+1/p-3. The minimum atomic E-state index is -0.913. The second-order valence-electron chi connectivity index (χ2n) is 9.73. The molecule has 0 amide bonds. The van der Waals surface area contributed by atoms with Crippen molar-refractivity contribution in [3.05, 3.63) is 0 Å². The van der Waals surface area contributed by atoms with Crippen molar-refractivity contribution in [3.8, 4) is 0 Å². The first-order chi connectivity index (χ1) is 17.3. The summed E-state index contributed by atoms with van der Waals surface area (Å²) in [6, 6.07) is 0. The molecule has 0 aliphatic carbocycles. The number of unbranched alkanes of at least 4 members (excludes halogenated alkanes) is 18. The molecule has 216 valence electrons. The van der Waals surface area contributed by atoms with Gasteiger partial charge in [0, 0.05) is 17.9 Å². The van der Waals surface area contributed by atoms with Crippen molar-refractivity contribution in [3.63, 3.8) is 0 Å². The molecule has 0 aliphatic rings. The topological polar surface area (TPSA) is 120 Å². The fourth-order valence-electron chi connectivity index (χ4n) is 3.68. The third kappa shape index (κ3) is 69.5. The molecule has 0 spiro atoms. The summed E-state index contributed by atoms with van der Waals surface area (Å²) in [7, 11) is 0. The molecular formula is C30H57K3O6. The molecule has 0 aromatic carbocycles. The summed E-state index contributed by atoms with van der Waals surface area (Å²) in [5, 5.41) is 30.1. The van der Waals surface area contributed by atoms with Crippen LogP contribution in [0, 0.1) is 0 Å². The average Bonchev–Trinajstić information content (AvgIpc) is 2.83. The maximum atomic E-state index is 10.0. The van der Waals surface area contributed by atoms with Gasteiger partial charge in [-0.15, -0.1) is 0 Å². The minimum Gasteiger partial charge on any atom is -0.550 e. The van der Waals surface area contributed by atoms with Gasteiger partial charge in [-0.25, -0.2) is 0 Å². The van der Waals surface area contributed by atoms with Crippen LogP contribution in [0.2, 0.25) is 0 Å². The summed E-state index contributed by atoms with van der Waals surface area (Å²) >= 11 is 0. The Morgan fingerprint density at radius 1 is 0.333 bits per heavy atom. The first-order valence-electron chi connectivity index (χ1n) is 14.9. The molecule has 0 rings (SSSR count). The van der Waals surface area contributed by atoms with E-state index in [9.17, 15) is 29.7 Å². The normalized spacial score (nSPS) is 9.31. The van der Waals surface area contributed by atoms with E-state index >= 15 is 0 Å². The summed E-state index contributed by atoms with van der Waals surface area (Å²) in [6.45, 7) is 6.57. The number of carboxylic acids is 3. The second kappa shape index (κ2) is 50.9. The Morgan fingerprint density at radius 2 is 0.487 bits per heavy atom. The average molecular weight is 631 g/mol. The van der Waals surface area contributed by atoms with Crippen molar-refractivity contribution in [1.82, 2.24) is 0 Å². The fraction of sp³-hybridized carbons (Fsp3) is 0.900. The van der Waals surface area contributed by atoms with Crippen LogP contribution in [0.1, 0.15) is 175 Å². The largest absolute Gasteiger partial charge is 1.00 e. The summed E-state index contributed by atoms with van der Waals surface area (Å²) in [5.41, 5.74) is 0. The zero-order valence-electron chi connectivity index (χ0n) is 26.9. The van der Waals surface area contributed by atoms with Gasteiger partial charge in [0.25, 0.3) is 0 Å². The van der Waals surface area contributed by atoms with Crippen LogP contribution in [-0.2, 0) is 14.4 Å². The molecule has 6 nitrogen and oxygen atoms in total. The van der Waals surface area contributed by atoms with Crippen LogP contribution in [0.15, 0.2) is 0 Å². The molecule has 0 N–H and O–H groups in total. The van der Waals surface area contributed by atoms with Crippen molar-refractivity contribution in [2.24, 2.45) is 0 Å². The van der Waals surface area contributed by atoms with E-state index in [0.717, 1.165) is 38.5 Å². The van der Waals surface area contributed by atoms with Gasteiger partial charge in [0.05, 0.1) is 0 Å². The molecule has 0 fully saturated rings. The van der Waals surface area contributed by atoms with Crippen LogP contribution in [0.25, 0.3) is 0 Å². The Labute approximate surface area is 369 Å². The molecule has 39 heavy (non-hydrogen) atoms. The number of hydrogen-bond donors (Lipinski definition) is 0. The minimum absolute atomic E-state index is 0. The zero-order valence-corrected chi connectivity index (χ0v) is 36.3. The van der Waals surface area contributed by atoms with Crippen molar-refractivity contribution in [2.75, 3.05) is 0 Å². The molecule has 0 saturated carbocycles. The SMILES string of the molecule is CCCCCCCCCC(=O)[O-].CCCCCCCCCC(=O)[O-].CCCCCCCCCC(=O)[O-].[K+].[K+].[K+]. The van der Waals surface area contributed by atoms with E-state index in [1.54, 1.807) is 0 Å². The maximum Gasteiger partial charge on any atom is 1.00 e. The van der Waals surface area contributed by atoms with Crippen LogP contribution < -0.4 is 169 Å². The van der Waals surface area contributed by atoms with Crippen LogP contribution in [0.4, 0.5) is 0 Å². The van der Waals surface area contributed by atoms with E-state index < -0.39 is 17.9 Å². The molecule has 0 atom stereocenters. The fourth-order valence-corrected chi connectivity index (χ4v) is 3.68. The van der Waals surface area contributed by atoms with Gasteiger partial charge in [0.15, 0.2) is 0 Å². The van der Waals surface area contributed by atoms with Crippen LogP contribution in [-0.4, -0.2) is 17.9 Å². The van der Waals surface area contributed by atoms with Crippen LogP contribution in [0.3, 0.4) is 0 Å². The maximum absolute atomic E-state index is 10.0. The van der Waals surface area contributed by atoms with Crippen LogP contribution in [0.5, 0.6) is 0 Å². The smallest absolute Gasteiger partial charge is 0.550 e. The number of rotatable bonds is 24. The van der Waals surface area contributed by atoms with Crippen molar-refractivity contribution in [2.45, 2.75) is 175 Å². The molecule has 0 aromatic heterocycles. The molecule has 0 unspecified atom stereocenters. The summed E-state index contributed by atoms with van der Waals surface area (Å²) < 4.78 is 0. The predicted octanol–water partition coefficient (Wildman–Crippen LogP) is -3.36. The molecule has 0 heterocycles. The zero-order chi connectivity index (χ0) is 27.7. The third-order valence-corrected chi connectivity index (χ3v) is 5.95. The third-order valence-electron chi connectivity index (χ3n) is 5.95. The Hall–Kier alpha value is 3.32. The Balaban J connectivity index is -0.000000101. The quantitative estimate of drug-likeness (QED) is 0.0812. The van der Waals surface area contributed by atoms with Crippen LogP contribution >= 0.6 is 0 Å². The molecule has 9 heteroatoms. The number of carbonyl (C=O) groups is 3. The van der Waals surface area contributed by atoms with Gasteiger partial charge in [-0.3, -0.25) is 0 Å². The monoisotopic (exact) mass is 630 g/mol. The Kier molecular flexibility index (Phi) is 71.5. The number of carbonyl (C=O) groups excluding carboxylic acids is 3. The number of aliphatic carboxylic acids is 3. The van der Waals surface area contributed by atoms with Crippen molar-refractivity contribution in [1.29, 1.82) is 0 Å². The molecule has 0 bridgehead atoms. The van der Waals surface area contributed by atoms with Gasteiger partial charge in [-0.1, -0.05) is 136 Å². The van der Waals surface area contributed by atoms with Crippen molar-refractivity contribution >= 4 is 17.9 Å². The molecule has 0 radical (unpaired) electrons. The van der Waals surface area contributed by atoms with E-state index in [-0.39, 0.29) is 173 Å². The van der Waals surface area contributed by atoms with Gasteiger partial charge in [-0.2, -0.15) is 0 Å². The van der Waals surface area contributed by atoms with Gasteiger partial charge in [0.2, 0.25) is 0 Å². The van der Waals surface area contributed by atoms with Gasteiger partial charge < -0.3 is 29.7 Å². The van der Waals surface area contributed by atoms with E-state index in [1.807, 2.05) is 0 Å². The van der Waals surface area contributed by atoms with Gasteiger partial charge in [0.1, 0.15) is 0 Å². The summed E-state index contributed by atoms with van der Waals surface area (Å²) in [5.74, 6) is -2.74. The summed E-state index contributed by atoms with van der Waals surface area (Å²) in [6.07, 6.45) is 25.0. The van der Waals surface area contributed by atoms with Gasteiger partial charge >= 0.3 is 154 Å². The van der Waals surface area contributed by atoms with E-state index in [0.29, 0.717) is 0 Å².